The Bertz CT molecular complexity index is 862. The van der Waals surface area contributed by atoms with Crippen LogP contribution < -0.4 is 25.1 Å². The number of rotatable bonds is 5. The van der Waals surface area contributed by atoms with Crippen molar-refractivity contribution in [3.63, 3.8) is 0 Å². The summed E-state index contributed by atoms with van der Waals surface area (Å²) in [5, 5.41) is 0.113. The molecule has 1 aliphatic heterocycles. The lowest BCUT2D eigenvalue weighted by Crippen LogP contribution is -2.42. The van der Waals surface area contributed by atoms with Crippen molar-refractivity contribution in [3.05, 3.63) is 52.8 Å². The van der Waals surface area contributed by atoms with Gasteiger partial charge in [0.2, 0.25) is 5.91 Å². The number of nitrogens with one attached hydrogen (secondary N) is 2. The lowest BCUT2D eigenvalue weighted by Gasteiger charge is -2.18. The Morgan fingerprint density at radius 2 is 1.85 bits per heavy atom. The molecule has 0 spiro atoms. The lowest BCUT2D eigenvalue weighted by atomic mass is 10.2. The van der Waals surface area contributed by atoms with Gasteiger partial charge in [0, 0.05) is 5.56 Å². The van der Waals surface area contributed by atoms with Crippen molar-refractivity contribution in [2.75, 3.05) is 19.8 Å². The number of amides is 2. The van der Waals surface area contributed by atoms with Crippen LogP contribution in [-0.2, 0) is 4.79 Å². The zero-order valence-electron chi connectivity index (χ0n) is 14.1. The van der Waals surface area contributed by atoms with Crippen LogP contribution in [0.5, 0.6) is 17.2 Å². The number of hydrogen-bond donors (Lipinski definition) is 2. The Balaban J connectivity index is 1.44. The molecule has 0 saturated carbocycles. The van der Waals surface area contributed by atoms with E-state index in [1.165, 1.54) is 18.2 Å². The number of halogens is 2. The Kier molecular flexibility index (Phi) is 5.97. The largest absolute Gasteiger partial charge is 0.491 e. The van der Waals surface area contributed by atoms with Crippen molar-refractivity contribution in [3.8, 4) is 17.2 Å². The van der Waals surface area contributed by atoms with Crippen LogP contribution in [0.25, 0.3) is 0 Å². The quantitative estimate of drug-likeness (QED) is 0.761. The van der Waals surface area contributed by atoms with Gasteiger partial charge < -0.3 is 14.2 Å². The normalized spacial score (nSPS) is 12.2. The van der Waals surface area contributed by atoms with Gasteiger partial charge in [0.05, 0.1) is 18.1 Å². The van der Waals surface area contributed by atoms with Crippen LogP contribution in [0.3, 0.4) is 0 Å². The summed E-state index contributed by atoms with van der Waals surface area (Å²) in [6, 6.07) is 8.42. The SMILES string of the molecule is O=C(CCOc1ccc(F)cc1Cl)NNC(=O)c1ccc2c(c1)OCCO2. The van der Waals surface area contributed by atoms with Gasteiger partial charge in [0.15, 0.2) is 11.5 Å². The topological polar surface area (TPSA) is 85.9 Å². The Morgan fingerprint density at radius 3 is 2.63 bits per heavy atom. The molecule has 1 heterocycles. The molecule has 2 aromatic rings. The number of carbonyl (C=O) groups is 2. The van der Waals surface area contributed by atoms with Gasteiger partial charge >= 0.3 is 0 Å². The highest BCUT2D eigenvalue weighted by Crippen LogP contribution is 2.30. The number of hydrazine groups is 1. The molecule has 0 unspecified atom stereocenters. The van der Waals surface area contributed by atoms with Gasteiger partial charge in [-0.1, -0.05) is 11.6 Å². The van der Waals surface area contributed by atoms with Crippen LogP contribution in [0.1, 0.15) is 16.8 Å². The van der Waals surface area contributed by atoms with E-state index in [0.717, 1.165) is 6.07 Å². The Labute approximate surface area is 159 Å². The van der Waals surface area contributed by atoms with E-state index in [1.807, 2.05) is 0 Å². The molecule has 142 valence electrons. The molecule has 0 aliphatic carbocycles. The first-order chi connectivity index (χ1) is 13.0. The van der Waals surface area contributed by atoms with Gasteiger partial charge in [-0.05, 0) is 36.4 Å². The molecule has 1 aliphatic rings. The van der Waals surface area contributed by atoms with Gasteiger partial charge in [-0.15, -0.1) is 0 Å². The average molecular weight is 395 g/mol. The number of fused-ring (bicyclic) bond motifs is 1. The monoisotopic (exact) mass is 394 g/mol. The molecule has 3 rings (SSSR count). The summed E-state index contributed by atoms with van der Waals surface area (Å²) in [6.07, 6.45) is -0.0326. The molecule has 2 amide bonds. The average Bonchev–Trinajstić information content (AvgIpc) is 2.67. The highest BCUT2D eigenvalue weighted by atomic mass is 35.5. The summed E-state index contributed by atoms with van der Waals surface area (Å²) in [5.41, 5.74) is 4.91. The highest BCUT2D eigenvalue weighted by molar-refractivity contribution is 6.32. The minimum absolute atomic E-state index is 0.0110. The molecule has 0 aromatic heterocycles. The second kappa shape index (κ2) is 8.59. The minimum atomic E-state index is -0.497. The van der Waals surface area contributed by atoms with Crippen LogP contribution in [0, 0.1) is 5.82 Å². The standard InChI is InChI=1S/C18H16ClFN2O5/c19-13-10-12(20)2-4-14(13)25-6-5-17(23)21-22-18(24)11-1-3-15-16(9-11)27-8-7-26-15/h1-4,9-10H,5-8H2,(H,21,23)(H,22,24). The first kappa shape index (κ1) is 18.8. The van der Waals surface area contributed by atoms with Crippen molar-refractivity contribution in [2.45, 2.75) is 6.42 Å². The third kappa shape index (κ3) is 5.01. The fourth-order valence-corrected chi connectivity index (χ4v) is 2.51. The third-order valence-corrected chi connectivity index (χ3v) is 3.90. The van der Waals surface area contributed by atoms with E-state index in [-0.39, 0.29) is 23.8 Å². The fraction of sp³-hybridized carbons (Fsp3) is 0.222. The number of ether oxygens (including phenoxy) is 3. The second-order valence-electron chi connectivity index (χ2n) is 5.53. The first-order valence-corrected chi connectivity index (χ1v) is 8.47. The van der Waals surface area contributed by atoms with E-state index < -0.39 is 17.6 Å². The molecule has 0 bridgehead atoms. The molecule has 0 radical (unpaired) electrons. The van der Waals surface area contributed by atoms with E-state index in [4.69, 9.17) is 25.8 Å². The summed E-state index contributed by atoms with van der Waals surface area (Å²) in [7, 11) is 0. The van der Waals surface area contributed by atoms with Crippen LogP contribution in [0.2, 0.25) is 5.02 Å². The maximum absolute atomic E-state index is 12.9. The molecule has 0 saturated heterocycles. The van der Waals surface area contributed by atoms with Gasteiger partial charge in [-0.2, -0.15) is 0 Å². The van der Waals surface area contributed by atoms with Crippen LogP contribution in [-0.4, -0.2) is 31.6 Å². The maximum atomic E-state index is 12.9. The molecule has 2 aromatic carbocycles. The Morgan fingerprint density at radius 1 is 1.07 bits per heavy atom. The molecular weight excluding hydrogens is 379 g/mol. The van der Waals surface area contributed by atoms with Crippen molar-refractivity contribution >= 4 is 23.4 Å². The molecule has 7 nitrogen and oxygen atoms in total. The summed E-state index contributed by atoms with van der Waals surface area (Å²) in [4.78, 5) is 23.9. The van der Waals surface area contributed by atoms with Gasteiger partial charge in [0.25, 0.3) is 5.91 Å². The van der Waals surface area contributed by atoms with E-state index in [1.54, 1.807) is 12.1 Å². The summed E-state index contributed by atoms with van der Waals surface area (Å²) >= 11 is 5.82. The van der Waals surface area contributed by atoms with E-state index in [9.17, 15) is 14.0 Å². The molecule has 27 heavy (non-hydrogen) atoms. The van der Waals surface area contributed by atoms with Crippen molar-refractivity contribution in [1.29, 1.82) is 0 Å². The van der Waals surface area contributed by atoms with E-state index in [0.29, 0.717) is 30.3 Å². The first-order valence-electron chi connectivity index (χ1n) is 8.09. The van der Waals surface area contributed by atoms with Crippen LogP contribution in [0.15, 0.2) is 36.4 Å². The van der Waals surface area contributed by atoms with Crippen molar-refractivity contribution in [2.24, 2.45) is 0 Å². The van der Waals surface area contributed by atoms with Gasteiger partial charge in [0.1, 0.15) is 24.8 Å². The molecule has 0 fully saturated rings. The van der Waals surface area contributed by atoms with Gasteiger partial charge in [-0.3, -0.25) is 20.4 Å². The lowest BCUT2D eigenvalue weighted by molar-refractivity contribution is -0.122. The van der Waals surface area contributed by atoms with Crippen molar-refractivity contribution in [1.82, 2.24) is 10.9 Å². The van der Waals surface area contributed by atoms with E-state index in [2.05, 4.69) is 10.9 Å². The minimum Gasteiger partial charge on any atom is -0.491 e. The van der Waals surface area contributed by atoms with Crippen LogP contribution >= 0.6 is 11.6 Å². The molecule has 2 N–H and O–H groups in total. The predicted molar refractivity (Wildman–Crippen MR) is 94.6 cm³/mol. The van der Waals surface area contributed by atoms with Crippen LogP contribution in [0.4, 0.5) is 4.39 Å². The summed E-state index contributed by atoms with van der Waals surface area (Å²) in [6.45, 7) is 0.879. The predicted octanol–water partition coefficient (Wildman–Crippen LogP) is 2.48. The number of hydrogen-bond acceptors (Lipinski definition) is 5. The highest BCUT2D eigenvalue weighted by Gasteiger charge is 2.15. The van der Waals surface area contributed by atoms with Crippen molar-refractivity contribution < 1.29 is 28.2 Å². The fourth-order valence-electron chi connectivity index (χ4n) is 2.29. The van der Waals surface area contributed by atoms with E-state index >= 15 is 0 Å². The zero-order valence-corrected chi connectivity index (χ0v) is 14.8. The Hall–Kier alpha value is -3.00. The molecule has 0 atom stereocenters. The summed E-state index contributed by atoms with van der Waals surface area (Å²) < 4.78 is 29.1. The molecular formula is C18H16ClFN2O5. The third-order valence-electron chi connectivity index (χ3n) is 3.60. The molecule has 9 heteroatoms. The second-order valence-corrected chi connectivity index (χ2v) is 5.94. The van der Waals surface area contributed by atoms with Gasteiger partial charge in [-0.25, -0.2) is 4.39 Å². The number of carbonyl (C=O) groups excluding carboxylic acids is 2. The zero-order chi connectivity index (χ0) is 19.2. The maximum Gasteiger partial charge on any atom is 0.269 e. The number of benzene rings is 2. The summed E-state index contributed by atoms with van der Waals surface area (Å²) in [5.74, 6) is -0.122. The smallest absolute Gasteiger partial charge is 0.269 e.